The van der Waals surface area contributed by atoms with Crippen LogP contribution >= 0.6 is 19.3 Å². The lowest BCUT2D eigenvalue weighted by Gasteiger charge is -2.14. The molecule has 0 N–H and O–H groups in total. The van der Waals surface area contributed by atoms with Crippen molar-refractivity contribution in [1.29, 1.82) is 0 Å². The fraction of sp³-hybridized carbons (Fsp3) is 0. The third kappa shape index (κ3) is 3.25. The molecule has 20 heavy (non-hydrogen) atoms. The average molecular weight is 294 g/mol. The molecule has 2 heteroatoms. The molecule has 0 atom stereocenters. The molecule has 98 valence electrons. The van der Waals surface area contributed by atoms with Crippen LogP contribution in [-0.2, 0) is 0 Å². The number of hydrogen-bond acceptors (Lipinski definition) is 1. The molecule has 0 aliphatic rings. The van der Waals surface area contributed by atoms with Crippen LogP contribution in [0.25, 0.3) is 6.08 Å². The van der Waals surface area contributed by atoms with E-state index in [-0.39, 0.29) is 0 Å². The van der Waals surface area contributed by atoms with Crippen molar-refractivity contribution in [3.8, 4) is 0 Å². The van der Waals surface area contributed by atoms with Gasteiger partial charge in [0.25, 0.3) is 0 Å². The number of hydrogen-bond donors (Lipinski definition) is 0. The van der Waals surface area contributed by atoms with Crippen LogP contribution in [0.5, 0.6) is 0 Å². The third-order valence-corrected chi connectivity index (χ3v) is 5.99. The average Bonchev–Trinajstić information content (AvgIpc) is 3.03. The number of benzene rings is 2. The fourth-order valence-corrected chi connectivity index (χ4v) is 4.69. The molecule has 0 nitrogen and oxygen atoms in total. The minimum Gasteiger partial charge on any atom is -0.144 e. The Morgan fingerprint density at radius 1 is 0.700 bits per heavy atom. The lowest BCUT2D eigenvalue weighted by molar-refractivity contribution is 1.75. The van der Waals surface area contributed by atoms with Crippen molar-refractivity contribution >= 4 is 35.9 Å². The molecule has 1 aromatic heterocycles. The maximum absolute atomic E-state index is 2.35. The first-order valence-electron chi connectivity index (χ1n) is 6.54. The molecule has 0 saturated carbocycles. The lowest BCUT2D eigenvalue weighted by atomic mass is 10.4. The van der Waals surface area contributed by atoms with E-state index < -0.39 is 7.92 Å². The summed E-state index contributed by atoms with van der Waals surface area (Å²) in [5, 5.41) is 4.90. The third-order valence-electron chi connectivity index (χ3n) is 3.00. The molecule has 2 aromatic carbocycles. The summed E-state index contributed by atoms with van der Waals surface area (Å²) in [6.45, 7) is 0. The Bertz CT molecular complexity index is 618. The van der Waals surface area contributed by atoms with Gasteiger partial charge in [0.05, 0.1) is 0 Å². The lowest BCUT2D eigenvalue weighted by Crippen LogP contribution is -2.09. The van der Waals surface area contributed by atoms with Gasteiger partial charge in [0.1, 0.15) is 0 Å². The van der Waals surface area contributed by atoms with E-state index in [4.69, 9.17) is 0 Å². The van der Waals surface area contributed by atoms with Crippen molar-refractivity contribution in [2.75, 3.05) is 0 Å². The van der Waals surface area contributed by atoms with E-state index in [1.54, 1.807) is 11.3 Å². The van der Waals surface area contributed by atoms with Gasteiger partial charge in [-0.3, -0.25) is 0 Å². The van der Waals surface area contributed by atoms with E-state index in [1.807, 2.05) is 0 Å². The highest BCUT2D eigenvalue weighted by Crippen LogP contribution is 2.36. The highest BCUT2D eigenvalue weighted by atomic mass is 32.1. The normalized spacial score (nSPS) is 11.2. The summed E-state index contributed by atoms with van der Waals surface area (Å²) in [7, 11) is -0.430. The van der Waals surface area contributed by atoms with Crippen LogP contribution in [0, 0.1) is 0 Å². The standard InChI is InChI=1S/C18H15PS/c1-3-8-16(9-4-1)19(17-10-5-2-6-11-17)14-13-18-12-7-15-20-18/h1-15H/b14-13-. The summed E-state index contributed by atoms with van der Waals surface area (Å²) >= 11 is 1.78. The molecule has 0 fully saturated rings. The molecule has 1 heterocycles. The van der Waals surface area contributed by atoms with Gasteiger partial charge >= 0.3 is 0 Å². The van der Waals surface area contributed by atoms with Crippen LogP contribution in [0.4, 0.5) is 0 Å². The fourth-order valence-electron chi connectivity index (χ4n) is 2.03. The van der Waals surface area contributed by atoms with Crippen LogP contribution < -0.4 is 10.6 Å². The van der Waals surface area contributed by atoms with Gasteiger partial charge in [-0.1, -0.05) is 72.5 Å². The smallest absolute Gasteiger partial charge is 0.0270 e. The number of rotatable bonds is 4. The van der Waals surface area contributed by atoms with Crippen molar-refractivity contribution in [3.05, 3.63) is 88.9 Å². The summed E-state index contributed by atoms with van der Waals surface area (Å²) in [6, 6.07) is 25.8. The quantitative estimate of drug-likeness (QED) is 0.603. The van der Waals surface area contributed by atoms with E-state index in [2.05, 4.69) is 90.1 Å². The summed E-state index contributed by atoms with van der Waals surface area (Å²) in [6.07, 6.45) is 2.25. The van der Waals surface area contributed by atoms with Gasteiger partial charge in [-0.25, -0.2) is 0 Å². The largest absolute Gasteiger partial charge is 0.144 e. The molecule has 3 rings (SSSR count). The minimum atomic E-state index is -0.430. The van der Waals surface area contributed by atoms with E-state index >= 15 is 0 Å². The van der Waals surface area contributed by atoms with Gasteiger partial charge in [0.2, 0.25) is 0 Å². The zero-order valence-corrected chi connectivity index (χ0v) is 12.7. The molecular formula is C18H15PS. The van der Waals surface area contributed by atoms with Gasteiger partial charge in [0, 0.05) is 4.88 Å². The molecule has 3 aromatic rings. The Kier molecular flexibility index (Phi) is 4.42. The Balaban J connectivity index is 1.96. The van der Waals surface area contributed by atoms with E-state index in [1.165, 1.54) is 15.5 Å². The SMILES string of the molecule is C(=C/P(c1ccccc1)c1ccccc1)/c1cccs1. The predicted molar refractivity (Wildman–Crippen MR) is 92.4 cm³/mol. The van der Waals surface area contributed by atoms with Crippen molar-refractivity contribution in [2.45, 2.75) is 0 Å². The maximum atomic E-state index is 2.35. The minimum absolute atomic E-state index is 0.430. The first-order valence-corrected chi connectivity index (χ1v) is 8.83. The van der Waals surface area contributed by atoms with Crippen LogP contribution in [0.1, 0.15) is 4.88 Å². The predicted octanol–water partition coefficient (Wildman–Crippen LogP) is 4.85. The first-order chi connectivity index (χ1) is 9.93. The van der Waals surface area contributed by atoms with Gasteiger partial charge in [-0.15, -0.1) is 11.3 Å². The van der Waals surface area contributed by atoms with Gasteiger partial charge in [-0.05, 0) is 36.1 Å². The highest BCUT2D eigenvalue weighted by Gasteiger charge is 2.09. The Hall–Kier alpha value is -1.69. The maximum Gasteiger partial charge on any atom is 0.0270 e. The Morgan fingerprint density at radius 2 is 1.30 bits per heavy atom. The molecule has 0 aliphatic heterocycles. The van der Waals surface area contributed by atoms with E-state index in [0.29, 0.717) is 0 Å². The van der Waals surface area contributed by atoms with Gasteiger partial charge < -0.3 is 0 Å². The Labute approximate surface area is 125 Å². The molecule has 0 bridgehead atoms. The van der Waals surface area contributed by atoms with E-state index in [9.17, 15) is 0 Å². The van der Waals surface area contributed by atoms with Crippen molar-refractivity contribution in [2.24, 2.45) is 0 Å². The summed E-state index contributed by atoms with van der Waals surface area (Å²) < 4.78 is 0. The zero-order chi connectivity index (χ0) is 13.6. The molecule has 0 unspecified atom stereocenters. The van der Waals surface area contributed by atoms with E-state index in [0.717, 1.165) is 0 Å². The van der Waals surface area contributed by atoms with Crippen LogP contribution in [0.15, 0.2) is 84.0 Å². The first kappa shape index (κ1) is 13.3. The van der Waals surface area contributed by atoms with Crippen LogP contribution in [-0.4, -0.2) is 0 Å². The zero-order valence-electron chi connectivity index (χ0n) is 11.0. The van der Waals surface area contributed by atoms with Crippen molar-refractivity contribution in [1.82, 2.24) is 0 Å². The van der Waals surface area contributed by atoms with Crippen LogP contribution in [0.2, 0.25) is 0 Å². The Morgan fingerprint density at radius 3 is 1.80 bits per heavy atom. The van der Waals surface area contributed by atoms with Gasteiger partial charge in [0.15, 0.2) is 0 Å². The summed E-state index contributed by atoms with van der Waals surface area (Å²) in [5.41, 5.74) is 0. The molecule has 0 radical (unpaired) electrons. The number of thiophene rings is 1. The monoisotopic (exact) mass is 294 g/mol. The molecule has 0 saturated heterocycles. The topological polar surface area (TPSA) is 0 Å². The molecule has 0 amide bonds. The second-order valence-electron chi connectivity index (χ2n) is 4.37. The van der Waals surface area contributed by atoms with Crippen LogP contribution in [0.3, 0.4) is 0 Å². The molecular weight excluding hydrogens is 279 g/mol. The molecule has 0 aliphatic carbocycles. The van der Waals surface area contributed by atoms with Gasteiger partial charge in [-0.2, -0.15) is 0 Å². The second kappa shape index (κ2) is 6.65. The molecule has 0 spiro atoms. The van der Waals surface area contributed by atoms with Crippen molar-refractivity contribution < 1.29 is 0 Å². The summed E-state index contributed by atoms with van der Waals surface area (Å²) in [4.78, 5) is 1.31. The highest BCUT2D eigenvalue weighted by molar-refractivity contribution is 7.76. The second-order valence-corrected chi connectivity index (χ2v) is 7.42. The summed E-state index contributed by atoms with van der Waals surface area (Å²) in [5.74, 6) is 2.35. The van der Waals surface area contributed by atoms with Crippen molar-refractivity contribution in [3.63, 3.8) is 0 Å².